The van der Waals surface area contributed by atoms with Crippen molar-refractivity contribution in [1.82, 2.24) is 5.32 Å². The molecule has 25 heavy (non-hydrogen) atoms. The van der Waals surface area contributed by atoms with Gasteiger partial charge in [0.1, 0.15) is 11.7 Å². The average Bonchev–Trinajstić information content (AvgIpc) is 2.69. The Kier molecular flexibility index (Phi) is 4.70. The maximum Gasteiger partial charge on any atom is 0.131 e. The largest absolute Gasteiger partial charge is 0.370 e. The Balaban J connectivity index is 1.63. The summed E-state index contributed by atoms with van der Waals surface area (Å²) < 4.78 is 14.0. The van der Waals surface area contributed by atoms with Crippen LogP contribution in [0, 0.1) is 5.82 Å². The number of rotatable bonds is 4. The Labute approximate surface area is 151 Å². The van der Waals surface area contributed by atoms with Crippen molar-refractivity contribution in [2.75, 3.05) is 13.1 Å². The van der Waals surface area contributed by atoms with Crippen LogP contribution in [0.2, 0.25) is 0 Å². The number of nitrogens with zero attached hydrogens (tertiary/aromatic N) is 1. The molecule has 0 radical (unpaired) electrons. The second-order valence-corrected chi connectivity index (χ2v) is 7.06. The monoisotopic (exact) mass is 350 g/mol. The van der Waals surface area contributed by atoms with Crippen LogP contribution in [0.3, 0.4) is 0 Å². The minimum Gasteiger partial charge on any atom is -0.370 e. The molecule has 0 saturated heterocycles. The van der Waals surface area contributed by atoms with Gasteiger partial charge in [0.15, 0.2) is 0 Å². The Morgan fingerprint density at radius 3 is 2.60 bits per heavy atom. The Hall–Kier alpha value is -2.33. The highest BCUT2D eigenvalue weighted by molar-refractivity contribution is 7.98. The van der Waals surface area contributed by atoms with Crippen LogP contribution in [0.15, 0.2) is 70.6 Å². The Morgan fingerprint density at radius 2 is 1.76 bits per heavy atom. The van der Waals surface area contributed by atoms with E-state index in [0.717, 1.165) is 47.6 Å². The van der Waals surface area contributed by atoms with Crippen molar-refractivity contribution < 1.29 is 4.39 Å². The third-order valence-corrected chi connectivity index (χ3v) is 5.51. The summed E-state index contributed by atoms with van der Waals surface area (Å²) in [6, 6.07) is 19.5. The topological polar surface area (TPSA) is 24.4 Å². The van der Waals surface area contributed by atoms with Gasteiger partial charge in [-0.05, 0) is 29.5 Å². The van der Waals surface area contributed by atoms with Crippen molar-refractivity contribution in [2.24, 2.45) is 4.99 Å². The lowest BCUT2D eigenvalue weighted by Gasteiger charge is -2.17. The quantitative estimate of drug-likeness (QED) is 0.669. The second kappa shape index (κ2) is 7.28. The zero-order valence-electron chi connectivity index (χ0n) is 13.8. The number of thioether (sulfide) groups is 1. The number of hydrogen-bond acceptors (Lipinski definition) is 3. The van der Waals surface area contributed by atoms with Gasteiger partial charge in [0.2, 0.25) is 0 Å². The van der Waals surface area contributed by atoms with Gasteiger partial charge in [-0.15, -0.1) is 11.8 Å². The van der Waals surface area contributed by atoms with Crippen LogP contribution in [0.25, 0.3) is 10.8 Å². The van der Waals surface area contributed by atoms with Crippen LogP contribution in [0.4, 0.5) is 4.39 Å². The third kappa shape index (κ3) is 3.40. The fraction of sp³-hybridized carbons (Fsp3) is 0.190. The van der Waals surface area contributed by atoms with E-state index in [1.54, 1.807) is 17.8 Å². The summed E-state index contributed by atoms with van der Waals surface area (Å²) in [5.41, 5.74) is 2.30. The van der Waals surface area contributed by atoms with Crippen molar-refractivity contribution in [3.8, 4) is 0 Å². The molecule has 0 spiro atoms. The van der Waals surface area contributed by atoms with E-state index in [1.807, 2.05) is 36.4 Å². The molecule has 2 nitrogen and oxygen atoms in total. The van der Waals surface area contributed by atoms with Crippen molar-refractivity contribution in [1.29, 1.82) is 0 Å². The predicted octanol–water partition coefficient (Wildman–Crippen LogP) is 5.01. The lowest BCUT2D eigenvalue weighted by Crippen LogP contribution is -2.30. The maximum atomic E-state index is 14.0. The van der Waals surface area contributed by atoms with Crippen molar-refractivity contribution in [3.63, 3.8) is 0 Å². The SMILES string of the molecule is Fc1ccc(CSc2ccccc2C2=NCCCN2)c2ccccc12. The molecule has 4 heteroatoms. The van der Waals surface area contributed by atoms with E-state index in [0.29, 0.717) is 5.39 Å². The van der Waals surface area contributed by atoms with Gasteiger partial charge in [-0.2, -0.15) is 0 Å². The molecule has 0 saturated carbocycles. The van der Waals surface area contributed by atoms with E-state index in [1.165, 1.54) is 4.90 Å². The maximum absolute atomic E-state index is 14.0. The fourth-order valence-electron chi connectivity index (χ4n) is 3.11. The van der Waals surface area contributed by atoms with E-state index in [2.05, 4.69) is 28.5 Å². The van der Waals surface area contributed by atoms with Gasteiger partial charge in [-0.1, -0.05) is 48.5 Å². The van der Waals surface area contributed by atoms with Gasteiger partial charge in [-0.3, -0.25) is 4.99 Å². The van der Waals surface area contributed by atoms with Crippen molar-refractivity contribution in [3.05, 3.63) is 77.6 Å². The number of aliphatic imine (C=N–C) groups is 1. The van der Waals surface area contributed by atoms with Crippen molar-refractivity contribution in [2.45, 2.75) is 17.1 Å². The Morgan fingerprint density at radius 1 is 0.960 bits per heavy atom. The van der Waals surface area contributed by atoms with Crippen LogP contribution in [0.5, 0.6) is 0 Å². The summed E-state index contributed by atoms with van der Waals surface area (Å²) in [5.74, 6) is 1.62. The summed E-state index contributed by atoms with van der Waals surface area (Å²) in [7, 11) is 0. The lowest BCUT2D eigenvalue weighted by atomic mass is 10.1. The van der Waals surface area contributed by atoms with Crippen molar-refractivity contribution >= 4 is 28.4 Å². The van der Waals surface area contributed by atoms with Crippen LogP contribution in [-0.2, 0) is 5.75 Å². The molecule has 1 heterocycles. The normalized spacial score (nSPS) is 14.2. The summed E-state index contributed by atoms with van der Waals surface area (Å²) in [6.45, 7) is 1.85. The molecule has 1 aliphatic rings. The van der Waals surface area contributed by atoms with E-state index in [4.69, 9.17) is 0 Å². The molecule has 0 fully saturated rings. The Bertz CT molecular complexity index is 936. The van der Waals surface area contributed by atoms with Crippen LogP contribution < -0.4 is 5.32 Å². The van der Waals surface area contributed by atoms with E-state index < -0.39 is 0 Å². The number of halogens is 1. The standard InChI is InChI=1S/C21H19FN2S/c22-19-11-10-15(16-6-1-2-7-17(16)19)14-25-20-9-4-3-8-18(20)21-23-12-5-13-24-21/h1-4,6-11H,5,12-14H2,(H,23,24). The smallest absolute Gasteiger partial charge is 0.131 e. The molecule has 0 bridgehead atoms. The van der Waals surface area contributed by atoms with Gasteiger partial charge in [0.25, 0.3) is 0 Å². The summed E-state index contributed by atoms with van der Waals surface area (Å²) in [5, 5.41) is 5.07. The van der Waals surface area contributed by atoms with Crippen LogP contribution >= 0.6 is 11.8 Å². The third-order valence-electron chi connectivity index (χ3n) is 4.38. The van der Waals surface area contributed by atoms with Gasteiger partial charge in [0.05, 0.1) is 0 Å². The lowest BCUT2D eigenvalue weighted by molar-refractivity contribution is 0.639. The predicted molar refractivity (Wildman–Crippen MR) is 104 cm³/mol. The molecule has 0 aromatic heterocycles. The van der Waals surface area contributed by atoms with Crippen LogP contribution in [0.1, 0.15) is 17.5 Å². The van der Waals surface area contributed by atoms with E-state index in [9.17, 15) is 4.39 Å². The van der Waals surface area contributed by atoms with Crippen LogP contribution in [-0.4, -0.2) is 18.9 Å². The molecular formula is C21H19FN2S. The molecule has 0 amide bonds. The molecule has 126 valence electrons. The second-order valence-electron chi connectivity index (χ2n) is 6.05. The minimum absolute atomic E-state index is 0.162. The molecule has 4 rings (SSSR count). The van der Waals surface area contributed by atoms with Gasteiger partial charge in [0, 0.05) is 34.7 Å². The first-order chi connectivity index (χ1) is 12.3. The zero-order valence-corrected chi connectivity index (χ0v) is 14.7. The molecular weight excluding hydrogens is 331 g/mol. The number of hydrogen-bond donors (Lipinski definition) is 1. The number of nitrogens with one attached hydrogen (secondary N) is 1. The fourth-order valence-corrected chi connectivity index (χ4v) is 4.16. The highest BCUT2D eigenvalue weighted by atomic mass is 32.2. The van der Waals surface area contributed by atoms with E-state index in [-0.39, 0.29) is 5.82 Å². The summed E-state index contributed by atoms with van der Waals surface area (Å²) in [6.07, 6.45) is 1.08. The molecule has 0 aliphatic carbocycles. The number of amidine groups is 1. The molecule has 3 aromatic carbocycles. The average molecular weight is 350 g/mol. The minimum atomic E-state index is -0.162. The summed E-state index contributed by atoms with van der Waals surface area (Å²) in [4.78, 5) is 5.82. The molecule has 0 atom stereocenters. The molecule has 3 aromatic rings. The summed E-state index contributed by atoms with van der Waals surface area (Å²) >= 11 is 1.77. The van der Waals surface area contributed by atoms with Gasteiger partial charge in [-0.25, -0.2) is 4.39 Å². The highest BCUT2D eigenvalue weighted by Crippen LogP contribution is 2.30. The number of benzene rings is 3. The van der Waals surface area contributed by atoms with E-state index >= 15 is 0 Å². The zero-order chi connectivity index (χ0) is 17.1. The van der Waals surface area contributed by atoms with Gasteiger partial charge < -0.3 is 5.32 Å². The number of fused-ring (bicyclic) bond motifs is 1. The first kappa shape index (κ1) is 16.2. The molecule has 0 unspecified atom stereocenters. The molecule has 1 aliphatic heterocycles. The highest BCUT2D eigenvalue weighted by Gasteiger charge is 2.12. The van der Waals surface area contributed by atoms with Gasteiger partial charge >= 0.3 is 0 Å². The first-order valence-corrected chi connectivity index (χ1v) is 9.48. The first-order valence-electron chi connectivity index (χ1n) is 8.49. The molecule has 1 N–H and O–H groups in total.